The molecule has 0 saturated carbocycles. The van der Waals surface area contributed by atoms with Gasteiger partial charge in [-0.05, 0) is 113 Å². The third kappa shape index (κ3) is 12.4. The number of carbonyl (C=O) groups excluding carboxylic acids is 3. The summed E-state index contributed by atoms with van der Waals surface area (Å²) in [5.41, 5.74) is 8.75. The molecule has 2 heterocycles. The summed E-state index contributed by atoms with van der Waals surface area (Å²) in [6, 6.07) is 26.1. The Morgan fingerprint density at radius 1 is 0.836 bits per heavy atom. The fourth-order valence-corrected chi connectivity index (χ4v) is 9.79. The molecule has 4 aromatic carbocycles. The van der Waals surface area contributed by atoms with Gasteiger partial charge in [0.05, 0.1) is 41.1 Å². The minimum atomic E-state index is -0.859. The molecule has 13 nitrogen and oxygen atoms in total. The van der Waals surface area contributed by atoms with E-state index in [1.807, 2.05) is 111 Å². The monoisotopic (exact) mass is 949 g/mol. The average Bonchev–Trinajstić information content (AvgIpc) is 3.66. The van der Waals surface area contributed by atoms with Gasteiger partial charge in [-0.1, -0.05) is 92.1 Å². The fraction of sp³-hybridized carbons (Fsp3) is 0.346. The molecular weight excluding hydrogens is 891 g/mol. The van der Waals surface area contributed by atoms with E-state index in [0.717, 1.165) is 104 Å². The van der Waals surface area contributed by atoms with E-state index in [0.29, 0.717) is 18.5 Å². The number of hydrogen-bond donors (Lipinski definition) is 2. The number of rotatable bonds is 23. The van der Waals surface area contributed by atoms with Gasteiger partial charge in [-0.25, -0.2) is 10.1 Å². The van der Waals surface area contributed by atoms with E-state index < -0.39 is 24.0 Å². The number of anilines is 1. The van der Waals surface area contributed by atoms with Crippen molar-refractivity contribution in [1.82, 2.24) is 5.32 Å². The van der Waals surface area contributed by atoms with E-state index in [2.05, 4.69) is 82.0 Å². The summed E-state index contributed by atoms with van der Waals surface area (Å²) in [6.07, 6.45) is 13.1. The molecule has 0 unspecified atom stereocenters. The predicted molar refractivity (Wildman–Crippen MR) is 259 cm³/mol. The summed E-state index contributed by atoms with van der Waals surface area (Å²) >= 11 is 1.80. The summed E-state index contributed by atoms with van der Waals surface area (Å²) in [5.74, 6) is -1.19. The van der Waals surface area contributed by atoms with Crippen LogP contribution in [0.4, 0.5) is 11.4 Å². The molecule has 2 aliphatic rings. The molecule has 0 bridgehead atoms. The first-order chi connectivity index (χ1) is 32.2. The highest BCUT2D eigenvalue weighted by molar-refractivity contribution is 7.94. The van der Waals surface area contributed by atoms with Crippen molar-refractivity contribution in [3.8, 4) is 0 Å². The number of allylic oxidation sites excluding steroid dienone is 6. The Hall–Kier alpha value is -5.36. The molecule has 2 N–H and O–H groups in total. The van der Waals surface area contributed by atoms with Gasteiger partial charge in [0.1, 0.15) is 6.54 Å². The zero-order valence-corrected chi connectivity index (χ0v) is 40.7. The second-order valence-electron chi connectivity index (χ2n) is 17.6. The average molecular weight is 950 g/mol. The number of esters is 1. The van der Waals surface area contributed by atoms with Crippen LogP contribution in [-0.4, -0.2) is 58.9 Å². The topological polar surface area (TPSA) is 159 Å². The summed E-state index contributed by atoms with van der Waals surface area (Å²) in [6.45, 7) is 15.5. The molecule has 4 aromatic rings. The van der Waals surface area contributed by atoms with E-state index in [-0.39, 0.29) is 29.9 Å². The van der Waals surface area contributed by atoms with Crippen molar-refractivity contribution in [3.05, 3.63) is 154 Å². The van der Waals surface area contributed by atoms with E-state index in [1.165, 1.54) is 0 Å². The Labute approximate surface area is 401 Å². The summed E-state index contributed by atoms with van der Waals surface area (Å²) in [5, 5.41) is 29.6. The van der Waals surface area contributed by atoms with Gasteiger partial charge in [-0.15, -0.1) is 4.33 Å². The molecule has 0 fully saturated rings. The lowest BCUT2D eigenvalue weighted by Gasteiger charge is -2.27. The first-order valence-electron chi connectivity index (χ1n) is 22.4. The maximum Gasteiger partial charge on any atom is 0.339 e. The van der Waals surface area contributed by atoms with Crippen molar-refractivity contribution in [3.63, 3.8) is 0 Å². The number of benzene rings is 4. The molecule has 0 spiro atoms. The zero-order chi connectivity index (χ0) is 48.1. The maximum absolute atomic E-state index is 13.5. The number of unbranched alkanes of at least 4 members (excludes halogenated alkanes) is 2. The van der Waals surface area contributed by atoms with Crippen LogP contribution < -0.4 is 15.5 Å². The van der Waals surface area contributed by atoms with Gasteiger partial charge in [0.15, 0.2) is 18.1 Å². The Kier molecular flexibility index (Phi) is 18.0. The van der Waals surface area contributed by atoms with E-state index in [1.54, 1.807) is 0 Å². The van der Waals surface area contributed by atoms with Gasteiger partial charge in [0.25, 0.3) is 0 Å². The molecule has 67 heavy (non-hydrogen) atoms. The van der Waals surface area contributed by atoms with E-state index in [4.69, 9.17) is 14.3 Å². The number of fused-ring (bicyclic) bond motifs is 2. The molecule has 0 aromatic heterocycles. The van der Waals surface area contributed by atoms with Gasteiger partial charge < -0.3 is 20.2 Å². The van der Waals surface area contributed by atoms with Crippen LogP contribution in [0.25, 0.3) is 0 Å². The second kappa shape index (κ2) is 23.6. The smallest absolute Gasteiger partial charge is 0.339 e. The number of nitrogens with one attached hydrogen (secondary N) is 1. The maximum atomic E-state index is 13.5. The first kappa shape index (κ1) is 51.0. The van der Waals surface area contributed by atoms with Crippen molar-refractivity contribution in [2.24, 2.45) is 0 Å². The molecule has 0 aliphatic carbocycles. The molecule has 2 aliphatic heterocycles. The lowest BCUT2D eigenvalue weighted by Crippen LogP contribution is -2.44. The van der Waals surface area contributed by atoms with Gasteiger partial charge in [-0.2, -0.15) is 8.91 Å². The van der Waals surface area contributed by atoms with Crippen LogP contribution in [-0.2, 0) is 50.3 Å². The number of amides is 1. The van der Waals surface area contributed by atoms with Gasteiger partial charge in [-0.3, -0.25) is 14.6 Å². The molecule has 15 heteroatoms. The highest BCUT2D eigenvalue weighted by Gasteiger charge is 2.44. The summed E-state index contributed by atoms with van der Waals surface area (Å²) in [4.78, 5) is 43.8. The standard InChI is InChI=1S/C52H59N3O10S2/c1-8-54-43-28-26-38(66-64-62-59)32-40(43)51(4,5)46(54)23-14-10-15-24-47-52(6,7)41-33-39(67-65-63-60)27-29-44(41)55(47)30-17-11-16-25-48(57)53-42(31-37-21-12-9-13-22-37)45(56)34-61-50(58)49-35(2)19-18-20-36(49)3/h9-10,12-15,18-24,26-29,32-33,42H,8,11,16-17,25,30-31,34H2,1-7H3,(H2-,53,57,59,60)/t42-/m0/s1. The van der Waals surface area contributed by atoms with Crippen molar-refractivity contribution in [2.45, 2.75) is 107 Å². The largest absolute Gasteiger partial charge is 0.691 e. The minimum absolute atomic E-state index is 0.232. The molecule has 1 amide bonds. The molecule has 0 radical (unpaired) electrons. The van der Waals surface area contributed by atoms with Gasteiger partial charge >= 0.3 is 5.97 Å². The molecular formula is C52H59N3O10S2. The van der Waals surface area contributed by atoms with Crippen molar-refractivity contribution >= 4 is 58.8 Å². The van der Waals surface area contributed by atoms with Crippen LogP contribution >= 0.6 is 24.1 Å². The quantitative estimate of drug-likeness (QED) is 0.0138. The highest BCUT2D eigenvalue weighted by atomic mass is 32.2. The summed E-state index contributed by atoms with van der Waals surface area (Å²) in [7, 11) is 0. The lowest BCUT2D eigenvalue weighted by molar-refractivity contribution is -0.777. The van der Waals surface area contributed by atoms with Crippen LogP contribution in [0.3, 0.4) is 0 Å². The Morgan fingerprint density at radius 3 is 2.24 bits per heavy atom. The SMILES string of the molecule is CC[N+]1=C(/C=C/C=C/C=C2/N(CCCCCC(=O)N[C@@H](Cc3ccccc3)C(=O)COC(=O)c3c(C)cccc3C)c3ccc(SOOO)cc3C2(C)C)C(C)(C)c2cc(SOO[O-])ccc21. The molecule has 354 valence electrons. The van der Waals surface area contributed by atoms with Crippen molar-refractivity contribution in [1.29, 1.82) is 0 Å². The van der Waals surface area contributed by atoms with E-state index >= 15 is 0 Å². The third-order valence-corrected chi connectivity index (χ3v) is 13.6. The number of hydrogen-bond acceptors (Lipinski definition) is 13. The minimum Gasteiger partial charge on any atom is -0.691 e. The van der Waals surface area contributed by atoms with Crippen molar-refractivity contribution < 1.29 is 53.0 Å². The zero-order valence-electron chi connectivity index (χ0n) is 39.0. The van der Waals surface area contributed by atoms with Gasteiger partial charge in [0.2, 0.25) is 11.6 Å². The predicted octanol–water partition coefficient (Wildman–Crippen LogP) is 9.87. The number of aryl methyl sites for hydroxylation is 2. The Morgan fingerprint density at radius 2 is 1.54 bits per heavy atom. The summed E-state index contributed by atoms with van der Waals surface area (Å²) < 4.78 is 17.1. The van der Waals surface area contributed by atoms with Crippen LogP contribution in [0.1, 0.15) is 98.5 Å². The number of Topliss-reactive ketones (excluding diaryl/α,β-unsaturated/α-hetero) is 1. The molecule has 6 rings (SSSR count). The van der Waals surface area contributed by atoms with Crippen LogP contribution in [0, 0.1) is 13.8 Å². The highest BCUT2D eigenvalue weighted by Crippen LogP contribution is 2.49. The number of nitrogens with zero attached hydrogens (tertiary/aromatic N) is 2. The number of carbonyl (C=O) groups is 3. The number of ketones is 1. The first-order valence-corrected chi connectivity index (χ1v) is 23.8. The molecule has 1 atom stereocenters. The Bertz CT molecular complexity index is 2520. The van der Waals surface area contributed by atoms with E-state index in [9.17, 15) is 19.6 Å². The fourth-order valence-electron chi connectivity index (χ4n) is 9.00. The number of ether oxygens (including phenoxy) is 1. The van der Waals surface area contributed by atoms with Crippen LogP contribution in [0.15, 0.2) is 131 Å². The van der Waals surface area contributed by atoms with Gasteiger partial charge in [0, 0.05) is 57.3 Å². The lowest BCUT2D eigenvalue weighted by atomic mass is 9.81. The second-order valence-corrected chi connectivity index (χ2v) is 19.1. The third-order valence-electron chi connectivity index (χ3n) is 12.4. The van der Waals surface area contributed by atoms with Crippen LogP contribution in [0.2, 0.25) is 0 Å². The molecule has 0 saturated heterocycles. The normalized spacial score (nSPS) is 16.0. The van der Waals surface area contributed by atoms with Crippen molar-refractivity contribution in [2.75, 3.05) is 24.6 Å². The van der Waals surface area contributed by atoms with Crippen LogP contribution in [0.5, 0.6) is 0 Å². The Balaban J connectivity index is 1.11.